The van der Waals surface area contributed by atoms with Gasteiger partial charge in [-0.3, -0.25) is 10.1 Å². The molecule has 3 rings (SSSR count). The second kappa shape index (κ2) is 7.58. The highest BCUT2D eigenvalue weighted by Crippen LogP contribution is 2.36. The van der Waals surface area contributed by atoms with Crippen LogP contribution in [0.2, 0.25) is 5.02 Å². The standard InChI is InChI=1S/C21H19ClN2O2/c1-23(2)18-11-8-16(9-12-18)21(15-6-4-3-5-7-15)17-10-13-20(24(25)26)19(22)14-17/h3-14,21H,1-2H3. The minimum atomic E-state index is -0.463. The average molecular weight is 367 g/mol. The fraction of sp³-hybridized carbons (Fsp3) is 0.143. The maximum Gasteiger partial charge on any atom is 0.287 e. The van der Waals surface area contributed by atoms with Gasteiger partial charge >= 0.3 is 0 Å². The lowest BCUT2D eigenvalue weighted by molar-refractivity contribution is -0.384. The summed E-state index contributed by atoms with van der Waals surface area (Å²) in [6.45, 7) is 0. The lowest BCUT2D eigenvalue weighted by Crippen LogP contribution is -2.09. The molecule has 0 aromatic heterocycles. The number of hydrogen-bond donors (Lipinski definition) is 0. The van der Waals surface area contributed by atoms with E-state index in [1.807, 2.05) is 37.2 Å². The first-order valence-electron chi connectivity index (χ1n) is 8.23. The van der Waals surface area contributed by atoms with Crippen LogP contribution < -0.4 is 4.90 Å². The molecule has 0 spiro atoms. The van der Waals surface area contributed by atoms with E-state index in [4.69, 9.17) is 11.6 Å². The molecule has 0 heterocycles. The van der Waals surface area contributed by atoms with Crippen molar-refractivity contribution >= 4 is 23.0 Å². The molecule has 0 aliphatic carbocycles. The van der Waals surface area contributed by atoms with Crippen molar-refractivity contribution in [2.45, 2.75) is 5.92 Å². The predicted octanol–water partition coefficient (Wildman–Crippen LogP) is 5.49. The number of rotatable bonds is 5. The van der Waals surface area contributed by atoms with Gasteiger partial charge in [-0.15, -0.1) is 0 Å². The Bertz CT molecular complexity index is 909. The molecule has 0 N–H and O–H groups in total. The first kappa shape index (κ1) is 18.0. The Morgan fingerprint density at radius 1 is 0.885 bits per heavy atom. The Hall–Kier alpha value is -2.85. The summed E-state index contributed by atoms with van der Waals surface area (Å²) in [5, 5.41) is 11.2. The van der Waals surface area contributed by atoms with Crippen LogP contribution in [0.5, 0.6) is 0 Å². The van der Waals surface area contributed by atoms with Gasteiger partial charge in [-0.25, -0.2) is 0 Å². The molecule has 0 saturated carbocycles. The fourth-order valence-corrected chi connectivity index (χ4v) is 3.30. The number of halogens is 1. The minimum Gasteiger partial charge on any atom is -0.378 e. The second-order valence-electron chi connectivity index (χ2n) is 6.30. The molecule has 1 unspecified atom stereocenters. The normalized spacial score (nSPS) is 11.8. The van der Waals surface area contributed by atoms with Crippen LogP contribution in [0.25, 0.3) is 0 Å². The van der Waals surface area contributed by atoms with E-state index in [1.165, 1.54) is 6.07 Å². The highest BCUT2D eigenvalue weighted by molar-refractivity contribution is 6.32. The molecule has 0 aliphatic heterocycles. The van der Waals surface area contributed by atoms with E-state index in [2.05, 4.69) is 36.4 Å². The summed E-state index contributed by atoms with van der Waals surface area (Å²) < 4.78 is 0. The van der Waals surface area contributed by atoms with Crippen molar-refractivity contribution in [2.24, 2.45) is 0 Å². The zero-order chi connectivity index (χ0) is 18.7. The second-order valence-corrected chi connectivity index (χ2v) is 6.70. The van der Waals surface area contributed by atoms with Gasteiger partial charge in [-0.2, -0.15) is 0 Å². The van der Waals surface area contributed by atoms with Crippen LogP contribution in [-0.2, 0) is 0 Å². The zero-order valence-corrected chi connectivity index (χ0v) is 15.4. The van der Waals surface area contributed by atoms with Crippen LogP contribution in [0.15, 0.2) is 72.8 Å². The Morgan fingerprint density at radius 3 is 2.00 bits per heavy atom. The van der Waals surface area contributed by atoms with Crippen molar-refractivity contribution in [3.05, 3.63) is 105 Å². The van der Waals surface area contributed by atoms with Gasteiger partial charge in [0.2, 0.25) is 0 Å². The molecule has 0 fully saturated rings. The number of nitro groups is 1. The molecular weight excluding hydrogens is 348 g/mol. The molecule has 5 heteroatoms. The van der Waals surface area contributed by atoms with Gasteiger partial charge in [0.15, 0.2) is 0 Å². The Kier molecular flexibility index (Phi) is 5.24. The minimum absolute atomic E-state index is 0.0503. The van der Waals surface area contributed by atoms with Gasteiger partial charge in [0.05, 0.1) is 4.92 Å². The van der Waals surface area contributed by atoms with Crippen molar-refractivity contribution < 1.29 is 4.92 Å². The Morgan fingerprint density at radius 2 is 1.46 bits per heavy atom. The predicted molar refractivity (Wildman–Crippen MR) is 106 cm³/mol. The lowest BCUT2D eigenvalue weighted by atomic mass is 9.85. The molecule has 0 radical (unpaired) electrons. The highest BCUT2D eigenvalue weighted by Gasteiger charge is 2.20. The van der Waals surface area contributed by atoms with Gasteiger partial charge in [0, 0.05) is 31.8 Å². The Labute approximate surface area is 157 Å². The van der Waals surface area contributed by atoms with Gasteiger partial charge < -0.3 is 4.90 Å². The maximum absolute atomic E-state index is 11.1. The summed E-state index contributed by atoms with van der Waals surface area (Å²) in [5.74, 6) is -0.0503. The first-order chi connectivity index (χ1) is 12.5. The average Bonchev–Trinajstić information content (AvgIpc) is 2.63. The molecule has 0 amide bonds. The van der Waals surface area contributed by atoms with Crippen LogP contribution in [0, 0.1) is 10.1 Å². The third kappa shape index (κ3) is 3.70. The number of nitro benzene ring substituents is 1. The van der Waals surface area contributed by atoms with Gasteiger partial charge in [-0.1, -0.05) is 60.1 Å². The van der Waals surface area contributed by atoms with E-state index in [1.54, 1.807) is 12.1 Å². The van der Waals surface area contributed by atoms with Crippen LogP contribution in [0.1, 0.15) is 22.6 Å². The summed E-state index contributed by atoms with van der Waals surface area (Å²) in [5.41, 5.74) is 4.17. The summed E-state index contributed by atoms with van der Waals surface area (Å²) >= 11 is 6.16. The molecular formula is C21H19ClN2O2. The monoisotopic (exact) mass is 366 g/mol. The maximum atomic E-state index is 11.1. The Balaban J connectivity index is 2.10. The zero-order valence-electron chi connectivity index (χ0n) is 14.6. The van der Waals surface area contributed by atoms with E-state index in [0.717, 1.165) is 22.4 Å². The van der Waals surface area contributed by atoms with Gasteiger partial charge in [-0.05, 0) is 34.9 Å². The van der Waals surface area contributed by atoms with Crippen molar-refractivity contribution in [1.29, 1.82) is 0 Å². The first-order valence-corrected chi connectivity index (χ1v) is 8.61. The van der Waals surface area contributed by atoms with Crippen molar-refractivity contribution in [2.75, 3.05) is 19.0 Å². The number of hydrogen-bond acceptors (Lipinski definition) is 3. The molecule has 0 aliphatic rings. The van der Waals surface area contributed by atoms with Crippen molar-refractivity contribution in [1.82, 2.24) is 0 Å². The SMILES string of the molecule is CN(C)c1ccc(C(c2ccccc2)c2ccc([N+](=O)[O-])c(Cl)c2)cc1. The third-order valence-electron chi connectivity index (χ3n) is 4.38. The lowest BCUT2D eigenvalue weighted by Gasteiger charge is -2.20. The van der Waals surface area contributed by atoms with Crippen LogP contribution in [0.3, 0.4) is 0 Å². The smallest absolute Gasteiger partial charge is 0.287 e. The van der Waals surface area contributed by atoms with E-state index >= 15 is 0 Å². The molecule has 1 atom stereocenters. The van der Waals surface area contributed by atoms with Gasteiger partial charge in [0.25, 0.3) is 5.69 Å². The summed E-state index contributed by atoms with van der Waals surface area (Å²) in [7, 11) is 4.00. The van der Waals surface area contributed by atoms with Crippen LogP contribution in [0.4, 0.5) is 11.4 Å². The molecule has 3 aromatic carbocycles. The van der Waals surface area contributed by atoms with Gasteiger partial charge in [0.1, 0.15) is 5.02 Å². The van der Waals surface area contributed by atoms with E-state index < -0.39 is 4.92 Å². The number of nitrogens with zero attached hydrogens (tertiary/aromatic N) is 2. The van der Waals surface area contributed by atoms with Crippen molar-refractivity contribution in [3.63, 3.8) is 0 Å². The summed E-state index contributed by atoms with van der Waals surface area (Å²) in [4.78, 5) is 12.6. The summed E-state index contributed by atoms with van der Waals surface area (Å²) in [6.07, 6.45) is 0. The highest BCUT2D eigenvalue weighted by atomic mass is 35.5. The van der Waals surface area contributed by atoms with Crippen LogP contribution in [-0.4, -0.2) is 19.0 Å². The van der Waals surface area contributed by atoms with Crippen molar-refractivity contribution in [3.8, 4) is 0 Å². The van der Waals surface area contributed by atoms with Crippen LogP contribution >= 0.6 is 11.6 Å². The van der Waals surface area contributed by atoms with E-state index in [-0.39, 0.29) is 16.6 Å². The molecule has 0 bridgehead atoms. The molecule has 26 heavy (non-hydrogen) atoms. The number of benzene rings is 3. The largest absolute Gasteiger partial charge is 0.378 e. The summed E-state index contributed by atoms with van der Waals surface area (Å²) in [6, 6.07) is 23.3. The molecule has 4 nitrogen and oxygen atoms in total. The van der Waals surface area contributed by atoms with E-state index in [9.17, 15) is 10.1 Å². The quantitative estimate of drug-likeness (QED) is 0.340. The number of anilines is 1. The molecule has 0 saturated heterocycles. The fourth-order valence-electron chi connectivity index (χ4n) is 3.04. The molecule has 3 aromatic rings. The third-order valence-corrected chi connectivity index (χ3v) is 4.68. The molecule has 132 valence electrons. The van der Waals surface area contributed by atoms with E-state index in [0.29, 0.717) is 0 Å². The topological polar surface area (TPSA) is 46.4 Å².